The van der Waals surface area contributed by atoms with Gasteiger partial charge >= 0.3 is 0 Å². The average molecular weight is 386 g/mol. The van der Waals surface area contributed by atoms with Crippen LogP contribution in [0.25, 0.3) is 28.5 Å². The van der Waals surface area contributed by atoms with E-state index >= 15 is 0 Å². The summed E-state index contributed by atoms with van der Waals surface area (Å²) in [6.45, 7) is 5.39. The highest BCUT2D eigenvalue weighted by molar-refractivity contribution is 5.68. The van der Waals surface area contributed by atoms with Crippen LogP contribution in [0.5, 0.6) is 0 Å². The summed E-state index contributed by atoms with van der Waals surface area (Å²) in [4.78, 5) is 4.64. The molecular formula is C27H28FN. The minimum absolute atomic E-state index is 0.630. The second-order valence-electron chi connectivity index (χ2n) is 7.36. The molecule has 2 heteroatoms. The van der Waals surface area contributed by atoms with Gasteiger partial charge in [-0.15, -0.1) is 6.58 Å². The lowest BCUT2D eigenvalue weighted by Gasteiger charge is -2.06. The number of alkyl halides is 1. The van der Waals surface area contributed by atoms with E-state index < -0.39 is 6.17 Å². The minimum atomic E-state index is -0.709. The Morgan fingerprint density at radius 2 is 1.62 bits per heavy atom. The summed E-state index contributed by atoms with van der Waals surface area (Å²) in [7, 11) is 0. The van der Waals surface area contributed by atoms with E-state index in [1.165, 1.54) is 5.56 Å². The van der Waals surface area contributed by atoms with Crippen molar-refractivity contribution in [2.75, 3.05) is 0 Å². The van der Waals surface area contributed by atoms with Crippen LogP contribution < -0.4 is 0 Å². The summed E-state index contributed by atoms with van der Waals surface area (Å²) in [5.41, 5.74) is 6.75. The van der Waals surface area contributed by atoms with Gasteiger partial charge in [-0.2, -0.15) is 0 Å². The van der Waals surface area contributed by atoms with E-state index in [9.17, 15) is 4.39 Å². The fraction of sp³-hybridized carbons (Fsp3) is 0.222. The summed E-state index contributed by atoms with van der Waals surface area (Å²) < 4.78 is 12.8. The molecule has 1 nitrogen and oxygen atoms in total. The molecule has 0 amide bonds. The molecule has 0 saturated heterocycles. The minimum Gasteiger partial charge on any atom is -0.256 e. The summed E-state index contributed by atoms with van der Waals surface area (Å²) in [5, 5.41) is 0. The number of allylic oxidation sites excluding steroid dienone is 2. The molecule has 0 spiro atoms. The van der Waals surface area contributed by atoms with Crippen molar-refractivity contribution in [3.63, 3.8) is 0 Å². The Bertz CT molecular complexity index is 920. The molecule has 148 valence electrons. The van der Waals surface area contributed by atoms with Gasteiger partial charge in [-0.3, -0.25) is 4.98 Å². The zero-order valence-electron chi connectivity index (χ0n) is 17.0. The smallest absolute Gasteiger partial charge is 0.0973 e. The van der Waals surface area contributed by atoms with Crippen molar-refractivity contribution in [3.8, 4) is 22.4 Å². The number of rotatable bonds is 9. The average Bonchev–Trinajstić information content (AvgIpc) is 2.75. The topological polar surface area (TPSA) is 12.9 Å². The Morgan fingerprint density at radius 1 is 0.931 bits per heavy atom. The van der Waals surface area contributed by atoms with Gasteiger partial charge in [0.25, 0.3) is 0 Å². The van der Waals surface area contributed by atoms with Crippen molar-refractivity contribution < 1.29 is 4.39 Å². The number of halogens is 1. The van der Waals surface area contributed by atoms with Gasteiger partial charge in [-0.1, -0.05) is 72.8 Å². The van der Waals surface area contributed by atoms with Crippen LogP contribution in [0.15, 0.2) is 85.6 Å². The lowest BCUT2D eigenvalue weighted by Crippen LogP contribution is -1.90. The van der Waals surface area contributed by atoms with E-state index in [-0.39, 0.29) is 0 Å². The van der Waals surface area contributed by atoms with Crippen LogP contribution in [0.3, 0.4) is 0 Å². The van der Waals surface area contributed by atoms with Gasteiger partial charge in [0, 0.05) is 17.3 Å². The number of nitrogens with zero attached hydrogens (tertiary/aromatic N) is 1. The second-order valence-corrected chi connectivity index (χ2v) is 7.36. The van der Waals surface area contributed by atoms with E-state index in [1.54, 1.807) is 6.92 Å². The molecule has 0 bridgehead atoms. The Labute approximate surface area is 173 Å². The lowest BCUT2D eigenvalue weighted by atomic mass is 10.0. The highest BCUT2D eigenvalue weighted by atomic mass is 19.1. The zero-order chi connectivity index (χ0) is 20.5. The maximum Gasteiger partial charge on any atom is 0.0973 e. The molecule has 0 fully saturated rings. The first-order valence-corrected chi connectivity index (χ1v) is 10.2. The van der Waals surface area contributed by atoms with Crippen molar-refractivity contribution in [3.05, 3.63) is 96.7 Å². The third kappa shape index (κ3) is 6.25. The number of aromatic nitrogens is 1. The fourth-order valence-corrected chi connectivity index (χ4v) is 3.24. The van der Waals surface area contributed by atoms with Crippen molar-refractivity contribution in [2.24, 2.45) is 0 Å². The van der Waals surface area contributed by atoms with Crippen molar-refractivity contribution >= 4 is 6.08 Å². The van der Waals surface area contributed by atoms with Crippen LogP contribution in [0.2, 0.25) is 0 Å². The maximum atomic E-state index is 12.8. The van der Waals surface area contributed by atoms with Crippen LogP contribution in [0.1, 0.15) is 37.3 Å². The summed E-state index contributed by atoms with van der Waals surface area (Å²) in [6, 6.07) is 21.1. The Kier molecular flexibility index (Phi) is 7.52. The van der Waals surface area contributed by atoms with Gasteiger partial charge in [-0.05, 0) is 55.4 Å². The third-order valence-corrected chi connectivity index (χ3v) is 4.92. The highest BCUT2D eigenvalue weighted by Gasteiger charge is 2.02. The molecular weight excluding hydrogens is 357 g/mol. The van der Waals surface area contributed by atoms with Crippen molar-refractivity contribution in [1.29, 1.82) is 0 Å². The number of hydrogen-bond acceptors (Lipinski definition) is 1. The summed E-state index contributed by atoms with van der Waals surface area (Å²) >= 11 is 0. The van der Waals surface area contributed by atoms with Gasteiger partial charge in [0.2, 0.25) is 0 Å². The monoisotopic (exact) mass is 385 g/mol. The highest BCUT2D eigenvalue weighted by Crippen LogP contribution is 2.23. The molecule has 29 heavy (non-hydrogen) atoms. The first-order valence-electron chi connectivity index (χ1n) is 10.2. The molecule has 0 aliphatic carbocycles. The molecule has 0 saturated carbocycles. The van der Waals surface area contributed by atoms with Gasteiger partial charge in [-0.25, -0.2) is 4.39 Å². The predicted octanol–water partition coefficient (Wildman–Crippen LogP) is 7.69. The molecule has 1 heterocycles. The molecule has 3 aromatic rings. The van der Waals surface area contributed by atoms with Crippen LogP contribution in [0.4, 0.5) is 4.39 Å². The van der Waals surface area contributed by atoms with Gasteiger partial charge in [0.15, 0.2) is 0 Å². The van der Waals surface area contributed by atoms with E-state index in [4.69, 9.17) is 0 Å². The second kappa shape index (κ2) is 10.5. The van der Waals surface area contributed by atoms with Crippen molar-refractivity contribution in [2.45, 2.75) is 38.8 Å². The quantitative estimate of drug-likeness (QED) is 0.272. The molecule has 0 N–H and O–H groups in total. The zero-order valence-corrected chi connectivity index (χ0v) is 17.0. The molecule has 1 atom stereocenters. The number of pyridine rings is 1. The molecule has 3 rings (SSSR count). The van der Waals surface area contributed by atoms with E-state index in [1.807, 2.05) is 12.3 Å². The standard InChI is InChI=1S/C27H28FN/c1-3-7-22-12-16-25(17-13-22)27-19-18-26(20-29-27)24-14-10-23(11-15-24)9-6-4-5-8-21(2)28/h3,6,9-21H,1,4-5,7-8H2,2H3. The Hall–Kier alpha value is -3.00. The number of benzene rings is 2. The third-order valence-electron chi connectivity index (χ3n) is 4.92. The summed E-state index contributed by atoms with van der Waals surface area (Å²) in [6.07, 6.45) is 10.7. The Morgan fingerprint density at radius 3 is 2.24 bits per heavy atom. The van der Waals surface area contributed by atoms with Gasteiger partial charge in [0.05, 0.1) is 11.9 Å². The first kappa shape index (κ1) is 20.7. The SMILES string of the molecule is C=CCc1ccc(-c2ccc(-c3ccc(C=CCCCC(C)F)cc3)cn2)cc1. The predicted molar refractivity (Wildman–Crippen MR) is 122 cm³/mol. The van der Waals surface area contributed by atoms with E-state index in [0.717, 1.165) is 47.2 Å². The van der Waals surface area contributed by atoms with Crippen LogP contribution >= 0.6 is 0 Å². The van der Waals surface area contributed by atoms with E-state index in [0.29, 0.717) is 6.42 Å². The van der Waals surface area contributed by atoms with Crippen LogP contribution in [-0.2, 0) is 6.42 Å². The Balaban J connectivity index is 1.62. The maximum absolute atomic E-state index is 12.8. The molecule has 1 unspecified atom stereocenters. The number of hydrogen-bond donors (Lipinski definition) is 0. The normalized spacial score (nSPS) is 12.2. The molecule has 1 aromatic heterocycles. The number of unbranched alkanes of at least 4 members (excludes halogenated alkanes) is 1. The van der Waals surface area contributed by atoms with E-state index in [2.05, 4.69) is 84.4 Å². The fourth-order valence-electron chi connectivity index (χ4n) is 3.24. The van der Waals surface area contributed by atoms with Gasteiger partial charge in [0.1, 0.15) is 0 Å². The molecule has 0 aliphatic rings. The van der Waals surface area contributed by atoms with Crippen molar-refractivity contribution in [1.82, 2.24) is 4.98 Å². The molecule has 0 radical (unpaired) electrons. The van der Waals surface area contributed by atoms with Crippen LogP contribution in [0, 0.1) is 0 Å². The van der Waals surface area contributed by atoms with Crippen LogP contribution in [-0.4, -0.2) is 11.2 Å². The summed E-state index contributed by atoms with van der Waals surface area (Å²) in [5.74, 6) is 0. The molecule has 0 aliphatic heterocycles. The largest absolute Gasteiger partial charge is 0.256 e. The van der Waals surface area contributed by atoms with Gasteiger partial charge < -0.3 is 0 Å². The molecule has 2 aromatic carbocycles. The lowest BCUT2D eigenvalue weighted by molar-refractivity contribution is 0.335. The first-order chi connectivity index (χ1) is 14.2.